The second-order valence-electron chi connectivity index (χ2n) is 6.15. The molecule has 1 amide bonds. The van der Waals surface area contributed by atoms with Crippen molar-refractivity contribution < 1.29 is 4.79 Å². The summed E-state index contributed by atoms with van der Waals surface area (Å²) in [5, 5.41) is 6.08. The highest BCUT2D eigenvalue weighted by molar-refractivity contribution is 9.10. The zero-order chi connectivity index (χ0) is 20.2. The zero-order valence-electron chi connectivity index (χ0n) is 15.4. The maximum Gasteiger partial charge on any atom is 0.257 e. The van der Waals surface area contributed by atoms with E-state index in [-0.39, 0.29) is 5.91 Å². The van der Waals surface area contributed by atoms with E-state index in [1.165, 1.54) is 12.5 Å². The van der Waals surface area contributed by atoms with Crippen LogP contribution >= 0.6 is 15.9 Å². The first-order valence-corrected chi connectivity index (χ1v) is 9.49. The van der Waals surface area contributed by atoms with Crippen LogP contribution in [0.25, 0.3) is 5.82 Å². The Kier molecular flexibility index (Phi) is 5.30. The molecule has 0 fully saturated rings. The van der Waals surface area contributed by atoms with E-state index >= 15 is 0 Å². The van der Waals surface area contributed by atoms with Crippen LogP contribution in [0.5, 0.6) is 0 Å². The first-order valence-electron chi connectivity index (χ1n) is 8.70. The van der Waals surface area contributed by atoms with Crippen molar-refractivity contribution in [1.29, 1.82) is 0 Å². The van der Waals surface area contributed by atoms with E-state index in [1.807, 2.05) is 48.0 Å². The van der Waals surface area contributed by atoms with Crippen LogP contribution in [-0.2, 0) is 0 Å². The molecule has 0 saturated heterocycles. The Morgan fingerprint density at radius 2 is 1.83 bits per heavy atom. The maximum absolute atomic E-state index is 12.3. The molecular formula is C20H16BrN7O. The maximum atomic E-state index is 12.3. The predicted octanol–water partition coefficient (Wildman–Crippen LogP) is 4.12. The lowest BCUT2D eigenvalue weighted by atomic mass is 10.2. The van der Waals surface area contributed by atoms with E-state index in [0.717, 1.165) is 21.8 Å². The molecule has 0 spiro atoms. The minimum atomic E-state index is -0.226. The van der Waals surface area contributed by atoms with Gasteiger partial charge in [0.25, 0.3) is 5.91 Å². The lowest BCUT2D eigenvalue weighted by molar-refractivity contribution is 0.102. The number of amides is 1. The lowest BCUT2D eigenvalue weighted by Gasteiger charge is -2.10. The van der Waals surface area contributed by atoms with E-state index in [9.17, 15) is 4.79 Å². The van der Waals surface area contributed by atoms with Crippen molar-refractivity contribution in [1.82, 2.24) is 24.5 Å². The van der Waals surface area contributed by atoms with Crippen molar-refractivity contribution in [3.63, 3.8) is 0 Å². The highest BCUT2D eigenvalue weighted by atomic mass is 79.9. The molecule has 0 radical (unpaired) electrons. The number of benzene rings is 1. The zero-order valence-corrected chi connectivity index (χ0v) is 17.0. The number of hydrogen-bond donors (Lipinski definition) is 2. The van der Waals surface area contributed by atoms with Gasteiger partial charge in [0.15, 0.2) is 0 Å². The van der Waals surface area contributed by atoms with Crippen molar-refractivity contribution in [3.8, 4) is 5.82 Å². The summed E-state index contributed by atoms with van der Waals surface area (Å²) in [5.41, 5.74) is 1.99. The van der Waals surface area contributed by atoms with Gasteiger partial charge in [-0.3, -0.25) is 14.3 Å². The highest BCUT2D eigenvalue weighted by Crippen LogP contribution is 2.20. The van der Waals surface area contributed by atoms with Gasteiger partial charge in [-0.2, -0.15) is 0 Å². The predicted molar refractivity (Wildman–Crippen MR) is 114 cm³/mol. The molecule has 144 valence electrons. The van der Waals surface area contributed by atoms with Crippen LogP contribution < -0.4 is 10.6 Å². The van der Waals surface area contributed by atoms with Crippen LogP contribution in [0.3, 0.4) is 0 Å². The molecule has 0 atom stereocenters. The molecule has 0 aliphatic heterocycles. The Bertz CT molecular complexity index is 1160. The summed E-state index contributed by atoms with van der Waals surface area (Å²) >= 11 is 3.31. The molecule has 1 aromatic carbocycles. The Balaban J connectivity index is 1.45. The van der Waals surface area contributed by atoms with Gasteiger partial charge >= 0.3 is 0 Å². The molecule has 29 heavy (non-hydrogen) atoms. The van der Waals surface area contributed by atoms with Crippen LogP contribution in [-0.4, -0.2) is 30.4 Å². The topological polar surface area (TPSA) is 97.6 Å². The van der Waals surface area contributed by atoms with Crippen LogP contribution in [0.4, 0.5) is 17.2 Å². The second kappa shape index (κ2) is 8.19. The van der Waals surface area contributed by atoms with Crippen LogP contribution in [0.2, 0.25) is 0 Å². The van der Waals surface area contributed by atoms with Gasteiger partial charge in [0.05, 0.1) is 5.56 Å². The number of carbonyl (C=O) groups is 1. The molecule has 3 aromatic heterocycles. The van der Waals surface area contributed by atoms with E-state index in [1.54, 1.807) is 18.5 Å². The first-order chi connectivity index (χ1) is 14.1. The van der Waals surface area contributed by atoms with E-state index in [0.29, 0.717) is 17.1 Å². The van der Waals surface area contributed by atoms with Crippen molar-refractivity contribution in [2.45, 2.75) is 6.92 Å². The van der Waals surface area contributed by atoms with Crippen LogP contribution in [0, 0.1) is 6.92 Å². The number of nitrogens with zero attached hydrogens (tertiary/aromatic N) is 5. The molecule has 2 N–H and O–H groups in total. The fraction of sp³-hybridized carbons (Fsp3) is 0.0500. The molecule has 0 aliphatic rings. The number of carbonyl (C=O) groups excluding carboxylic acids is 1. The summed E-state index contributed by atoms with van der Waals surface area (Å²) in [7, 11) is 0. The molecular weight excluding hydrogens is 434 g/mol. The Hall–Kier alpha value is -3.59. The quantitative estimate of drug-likeness (QED) is 0.475. The number of nitrogens with one attached hydrogen (secondary N) is 2. The molecule has 3 heterocycles. The van der Waals surface area contributed by atoms with Gasteiger partial charge in [-0.1, -0.05) is 0 Å². The average Bonchev–Trinajstić information content (AvgIpc) is 3.16. The average molecular weight is 450 g/mol. The second-order valence-corrected chi connectivity index (χ2v) is 7.07. The van der Waals surface area contributed by atoms with Gasteiger partial charge in [0, 0.05) is 46.7 Å². The Morgan fingerprint density at radius 3 is 2.55 bits per heavy atom. The lowest BCUT2D eigenvalue weighted by Crippen LogP contribution is -2.12. The molecule has 0 unspecified atom stereocenters. The smallest absolute Gasteiger partial charge is 0.257 e. The summed E-state index contributed by atoms with van der Waals surface area (Å²) in [6.45, 7) is 1.91. The number of pyridine rings is 1. The summed E-state index contributed by atoms with van der Waals surface area (Å²) in [5.74, 6) is 2.00. The van der Waals surface area contributed by atoms with E-state index in [2.05, 4.69) is 46.5 Å². The van der Waals surface area contributed by atoms with Crippen molar-refractivity contribution in [2.75, 3.05) is 10.6 Å². The summed E-state index contributed by atoms with van der Waals surface area (Å²) in [6.07, 6.45) is 8.22. The number of rotatable bonds is 5. The van der Waals surface area contributed by atoms with Gasteiger partial charge in [0.1, 0.15) is 23.8 Å². The standard InChI is InChI=1S/C20H16BrN7O/c1-13-23-6-7-28(13)19-9-18(24-12-25-19)26-16-2-4-17(5-3-16)27-20(29)14-8-15(21)11-22-10-14/h2-12H,1H3,(H,27,29)(H,24,25,26). The summed E-state index contributed by atoms with van der Waals surface area (Å²) in [6, 6.07) is 10.9. The Labute approximate surface area is 175 Å². The van der Waals surface area contributed by atoms with Crippen molar-refractivity contribution >= 4 is 39.0 Å². The van der Waals surface area contributed by atoms with E-state index < -0.39 is 0 Å². The number of anilines is 3. The summed E-state index contributed by atoms with van der Waals surface area (Å²) in [4.78, 5) is 29.1. The van der Waals surface area contributed by atoms with Gasteiger partial charge in [-0.25, -0.2) is 15.0 Å². The minimum absolute atomic E-state index is 0.226. The Morgan fingerprint density at radius 1 is 1.03 bits per heavy atom. The molecule has 4 rings (SSSR count). The number of imidazole rings is 1. The first kappa shape index (κ1) is 18.8. The van der Waals surface area contributed by atoms with E-state index in [4.69, 9.17) is 0 Å². The monoisotopic (exact) mass is 449 g/mol. The van der Waals surface area contributed by atoms with Gasteiger partial charge in [-0.05, 0) is 53.2 Å². The van der Waals surface area contributed by atoms with Gasteiger partial charge < -0.3 is 10.6 Å². The molecule has 4 aromatic rings. The van der Waals surface area contributed by atoms with Crippen molar-refractivity contribution in [2.24, 2.45) is 0 Å². The molecule has 0 bridgehead atoms. The van der Waals surface area contributed by atoms with Gasteiger partial charge in [0.2, 0.25) is 0 Å². The minimum Gasteiger partial charge on any atom is -0.340 e. The number of aromatic nitrogens is 5. The third-order valence-electron chi connectivity index (χ3n) is 4.11. The van der Waals surface area contributed by atoms with Gasteiger partial charge in [-0.15, -0.1) is 0 Å². The van der Waals surface area contributed by atoms with Crippen molar-refractivity contribution in [3.05, 3.63) is 83.4 Å². The highest BCUT2D eigenvalue weighted by Gasteiger charge is 2.08. The molecule has 8 nitrogen and oxygen atoms in total. The third kappa shape index (κ3) is 4.46. The fourth-order valence-electron chi connectivity index (χ4n) is 2.69. The molecule has 0 aliphatic carbocycles. The summed E-state index contributed by atoms with van der Waals surface area (Å²) < 4.78 is 2.63. The third-order valence-corrected chi connectivity index (χ3v) is 4.54. The van der Waals surface area contributed by atoms with Crippen LogP contribution in [0.1, 0.15) is 16.2 Å². The number of halogens is 1. The SMILES string of the molecule is Cc1nccn1-c1cc(Nc2ccc(NC(=O)c3cncc(Br)c3)cc2)ncn1. The number of hydrogen-bond acceptors (Lipinski definition) is 6. The number of aryl methyl sites for hydroxylation is 1. The normalized spacial score (nSPS) is 10.6. The van der Waals surface area contributed by atoms with Crippen LogP contribution in [0.15, 0.2) is 72.0 Å². The molecule has 9 heteroatoms. The fourth-order valence-corrected chi connectivity index (χ4v) is 3.06. The largest absolute Gasteiger partial charge is 0.340 e. The molecule has 0 saturated carbocycles.